The molecule has 0 spiro atoms. The van der Waals surface area contributed by atoms with Crippen LogP contribution in [0.4, 0.5) is 11.7 Å². The molecule has 84 valence electrons. The second-order valence-corrected chi connectivity index (χ2v) is 3.35. The molecule has 0 bridgehead atoms. The van der Waals surface area contributed by atoms with Gasteiger partial charge in [0.2, 0.25) is 0 Å². The molecule has 2 rings (SSSR count). The Kier molecular flexibility index (Phi) is 3.07. The van der Waals surface area contributed by atoms with E-state index in [1.807, 2.05) is 0 Å². The lowest BCUT2D eigenvalue weighted by Crippen LogP contribution is -2.02. The van der Waals surface area contributed by atoms with Gasteiger partial charge < -0.3 is 20.6 Å². The molecule has 5 heteroatoms. The minimum Gasteiger partial charge on any atom is -0.508 e. The summed E-state index contributed by atoms with van der Waals surface area (Å²) in [5.41, 5.74) is 7.04. The molecule has 0 radical (unpaired) electrons. The van der Waals surface area contributed by atoms with Crippen LogP contribution in [0.3, 0.4) is 0 Å². The summed E-state index contributed by atoms with van der Waals surface area (Å²) in [6, 6.07) is 7.08. The van der Waals surface area contributed by atoms with Crippen LogP contribution in [-0.4, -0.2) is 16.6 Å². The van der Waals surface area contributed by atoms with Crippen molar-refractivity contribution in [3.63, 3.8) is 0 Å². The standard InChI is InChI=1S/C11H13N3O2/c12-6-5-9-7-16-11(14-9)13-8-1-3-10(15)4-2-8/h1-4,7,15H,5-6,12H2,(H,13,14). The fourth-order valence-corrected chi connectivity index (χ4v) is 1.30. The van der Waals surface area contributed by atoms with Crippen molar-refractivity contribution in [1.82, 2.24) is 4.98 Å². The van der Waals surface area contributed by atoms with E-state index >= 15 is 0 Å². The van der Waals surface area contributed by atoms with Gasteiger partial charge in [-0.1, -0.05) is 0 Å². The molecule has 0 fully saturated rings. The highest BCUT2D eigenvalue weighted by Gasteiger charge is 2.03. The Bertz CT molecular complexity index is 451. The first kappa shape index (κ1) is 10.5. The Balaban J connectivity index is 2.05. The number of hydrogen-bond acceptors (Lipinski definition) is 5. The van der Waals surface area contributed by atoms with Crippen molar-refractivity contribution in [2.24, 2.45) is 5.73 Å². The Morgan fingerprint density at radius 2 is 2.06 bits per heavy atom. The van der Waals surface area contributed by atoms with Gasteiger partial charge in [0.25, 0.3) is 6.01 Å². The fourth-order valence-electron chi connectivity index (χ4n) is 1.30. The van der Waals surface area contributed by atoms with Crippen molar-refractivity contribution in [3.05, 3.63) is 36.2 Å². The molecule has 5 nitrogen and oxygen atoms in total. The van der Waals surface area contributed by atoms with Gasteiger partial charge in [0.15, 0.2) is 0 Å². The van der Waals surface area contributed by atoms with Crippen LogP contribution in [0.15, 0.2) is 34.9 Å². The average molecular weight is 219 g/mol. The molecule has 1 heterocycles. The van der Waals surface area contributed by atoms with Gasteiger partial charge in [0.1, 0.15) is 12.0 Å². The molecule has 1 aromatic carbocycles. The third kappa shape index (κ3) is 2.52. The number of anilines is 2. The maximum Gasteiger partial charge on any atom is 0.299 e. The number of nitrogens with two attached hydrogens (primary N) is 1. The molecule has 0 aliphatic rings. The molecule has 4 N–H and O–H groups in total. The third-order valence-electron chi connectivity index (χ3n) is 2.07. The van der Waals surface area contributed by atoms with Crippen LogP contribution in [0.1, 0.15) is 5.69 Å². The lowest BCUT2D eigenvalue weighted by molar-refractivity contribution is 0.475. The SMILES string of the molecule is NCCc1coc(Nc2ccc(O)cc2)n1. The summed E-state index contributed by atoms with van der Waals surface area (Å²) < 4.78 is 5.21. The number of nitrogens with one attached hydrogen (secondary N) is 1. The summed E-state index contributed by atoms with van der Waals surface area (Å²) in [6.07, 6.45) is 2.27. The summed E-state index contributed by atoms with van der Waals surface area (Å²) >= 11 is 0. The zero-order chi connectivity index (χ0) is 11.4. The third-order valence-corrected chi connectivity index (χ3v) is 2.07. The Labute approximate surface area is 92.9 Å². The minimum absolute atomic E-state index is 0.224. The predicted octanol–water partition coefficient (Wildman–Crippen LogP) is 1.62. The van der Waals surface area contributed by atoms with Crippen LogP contribution >= 0.6 is 0 Å². The van der Waals surface area contributed by atoms with Crippen LogP contribution in [0, 0.1) is 0 Å². The molecule has 16 heavy (non-hydrogen) atoms. The smallest absolute Gasteiger partial charge is 0.299 e. The molecule has 1 aromatic heterocycles. The molecule has 0 saturated heterocycles. The van der Waals surface area contributed by atoms with E-state index in [-0.39, 0.29) is 5.75 Å². The molecule has 0 unspecified atom stereocenters. The summed E-state index contributed by atoms with van der Waals surface area (Å²) in [5.74, 6) is 0.224. The second-order valence-electron chi connectivity index (χ2n) is 3.35. The van der Waals surface area contributed by atoms with Crippen molar-refractivity contribution < 1.29 is 9.52 Å². The Hall–Kier alpha value is -2.01. The van der Waals surface area contributed by atoms with Crippen LogP contribution in [0.25, 0.3) is 0 Å². The predicted molar refractivity (Wildman–Crippen MR) is 60.7 cm³/mol. The van der Waals surface area contributed by atoms with E-state index in [2.05, 4.69) is 10.3 Å². The van der Waals surface area contributed by atoms with E-state index in [9.17, 15) is 0 Å². The molecule has 0 atom stereocenters. The second kappa shape index (κ2) is 4.67. The number of aromatic nitrogens is 1. The monoisotopic (exact) mass is 219 g/mol. The van der Waals surface area contributed by atoms with E-state index in [0.29, 0.717) is 19.0 Å². The topological polar surface area (TPSA) is 84.3 Å². The van der Waals surface area contributed by atoms with E-state index in [4.69, 9.17) is 15.3 Å². The molecular formula is C11H13N3O2. The maximum absolute atomic E-state index is 9.12. The molecule has 0 aliphatic carbocycles. The van der Waals surface area contributed by atoms with Gasteiger partial charge in [-0.25, -0.2) is 0 Å². The molecular weight excluding hydrogens is 206 g/mol. The largest absolute Gasteiger partial charge is 0.508 e. The summed E-state index contributed by atoms with van der Waals surface area (Å²) in [6.45, 7) is 0.547. The Morgan fingerprint density at radius 3 is 2.75 bits per heavy atom. The number of aromatic hydroxyl groups is 1. The number of oxazole rings is 1. The number of rotatable bonds is 4. The van der Waals surface area contributed by atoms with Crippen molar-refractivity contribution in [2.45, 2.75) is 6.42 Å². The Morgan fingerprint density at radius 1 is 1.31 bits per heavy atom. The van der Waals surface area contributed by atoms with Gasteiger partial charge in [0.05, 0.1) is 5.69 Å². The first-order chi connectivity index (χ1) is 7.78. The van der Waals surface area contributed by atoms with E-state index < -0.39 is 0 Å². The quantitative estimate of drug-likeness (QED) is 0.680. The maximum atomic E-state index is 9.12. The van der Waals surface area contributed by atoms with E-state index in [1.165, 1.54) is 0 Å². The van der Waals surface area contributed by atoms with Gasteiger partial charge in [-0.3, -0.25) is 0 Å². The van der Waals surface area contributed by atoms with E-state index in [0.717, 1.165) is 11.4 Å². The number of hydrogen-bond donors (Lipinski definition) is 3. The lowest BCUT2D eigenvalue weighted by Gasteiger charge is -2.00. The van der Waals surface area contributed by atoms with E-state index in [1.54, 1.807) is 30.5 Å². The zero-order valence-corrected chi connectivity index (χ0v) is 8.68. The highest BCUT2D eigenvalue weighted by Crippen LogP contribution is 2.18. The summed E-state index contributed by atoms with van der Waals surface area (Å²) in [4.78, 5) is 4.20. The minimum atomic E-state index is 0.224. The molecule has 0 aliphatic heterocycles. The zero-order valence-electron chi connectivity index (χ0n) is 8.68. The highest BCUT2D eigenvalue weighted by atomic mass is 16.4. The molecule has 0 saturated carbocycles. The van der Waals surface area contributed by atoms with Crippen LogP contribution in [0.5, 0.6) is 5.75 Å². The van der Waals surface area contributed by atoms with Gasteiger partial charge in [-0.2, -0.15) is 4.98 Å². The molecule has 2 aromatic rings. The first-order valence-electron chi connectivity index (χ1n) is 4.98. The van der Waals surface area contributed by atoms with Crippen molar-refractivity contribution in [3.8, 4) is 5.75 Å². The normalized spacial score (nSPS) is 10.3. The van der Waals surface area contributed by atoms with Gasteiger partial charge in [0, 0.05) is 12.1 Å². The van der Waals surface area contributed by atoms with Gasteiger partial charge in [-0.15, -0.1) is 0 Å². The van der Waals surface area contributed by atoms with Crippen molar-refractivity contribution in [1.29, 1.82) is 0 Å². The van der Waals surface area contributed by atoms with Crippen LogP contribution in [-0.2, 0) is 6.42 Å². The summed E-state index contributed by atoms with van der Waals surface area (Å²) in [7, 11) is 0. The highest BCUT2D eigenvalue weighted by molar-refractivity contribution is 5.53. The van der Waals surface area contributed by atoms with Crippen molar-refractivity contribution in [2.75, 3.05) is 11.9 Å². The fraction of sp³-hybridized carbons (Fsp3) is 0.182. The first-order valence-corrected chi connectivity index (χ1v) is 4.98. The number of phenols is 1. The number of benzene rings is 1. The van der Waals surface area contributed by atoms with Gasteiger partial charge in [-0.05, 0) is 30.8 Å². The molecule has 0 amide bonds. The number of nitrogens with zero attached hydrogens (tertiary/aromatic N) is 1. The van der Waals surface area contributed by atoms with Crippen molar-refractivity contribution >= 4 is 11.7 Å². The summed E-state index contributed by atoms with van der Waals surface area (Å²) in [5, 5.41) is 12.1. The average Bonchev–Trinajstić information content (AvgIpc) is 2.70. The van der Waals surface area contributed by atoms with Gasteiger partial charge >= 0.3 is 0 Å². The van der Waals surface area contributed by atoms with Crippen LogP contribution < -0.4 is 11.1 Å². The van der Waals surface area contributed by atoms with Crippen LogP contribution in [0.2, 0.25) is 0 Å². The number of phenolic OH excluding ortho intramolecular Hbond substituents is 1. The lowest BCUT2D eigenvalue weighted by atomic mass is 10.3.